The summed E-state index contributed by atoms with van der Waals surface area (Å²) in [5.74, 6) is 0.457. The number of hydrogen-bond acceptors (Lipinski definition) is 6. The van der Waals surface area contributed by atoms with Gasteiger partial charge in [0.2, 0.25) is 0 Å². The molecule has 0 spiro atoms. The highest BCUT2D eigenvalue weighted by Crippen LogP contribution is 2.36. The number of carbonyl (C=O) groups excluding carboxylic acids is 1. The van der Waals surface area contributed by atoms with Gasteiger partial charge in [-0.25, -0.2) is 14.8 Å². The molecule has 2 fully saturated rings. The predicted octanol–water partition coefficient (Wildman–Crippen LogP) is 2.89. The van der Waals surface area contributed by atoms with Crippen LogP contribution in [0.5, 0.6) is 0 Å². The van der Waals surface area contributed by atoms with E-state index in [1.165, 1.54) is 0 Å². The lowest BCUT2D eigenvalue weighted by Crippen LogP contribution is -2.41. The average molecular weight is 391 g/mol. The minimum atomic E-state index is -0.835. The van der Waals surface area contributed by atoms with E-state index >= 15 is 0 Å². The lowest BCUT2D eigenvalue weighted by molar-refractivity contribution is 0.00578. The molecule has 7 nitrogen and oxygen atoms in total. The third-order valence-electron chi connectivity index (χ3n) is 5.58. The van der Waals surface area contributed by atoms with Gasteiger partial charge in [-0.1, -0.05) is 0 Å². The Morgan fingerprint density at radius 1 is 1.18 bits per heavy atom. The van der Waals surface area contributed by atoms with E-state index in [-0.39, 0.29) is 29.8 Å². The summed E-state index contributed by atoms with van der Waals surface area (Å²) in [6.07, 6.45) is 0.915. The maximum Gasteiger partial charge on any atom is 0.498 e. The van der Waals surface area contributed by atoms with E-state index < -0.39 is 23.9 Å². The fourth-order valence-electron chi connectivity index (χ4n) is 3.18. The van der Waals surface area contributed by atoms with Gasteiger partial charge in [-0.05, 0) is 61.3 Å². The van der Waals surface area contributed by atoms with Crippen LogP contribution in [0.1, 0.15) is 75.8 Å². The van der Waals surface area contributed by atoms with Gasteiger partial charge in [-0.2, -0.15) is 0 Å². The van der Waals surface area contributed by atoms with E-state index in [1.807, 2.05) is 48.5 Å². The molecule has 2 aliphatic rings. The number of rotatable bonds is 2. The van der Waals surface area contributed by atoms with Crippen molar-refractivity contribution < 1.29 is 21.6 Å². The number of amides is 1. The molecule has 0 aromatic carbocycles. The second-order valence-corrected chi connectivity index (χ2v) is 9.55. The molecule has 0 saturated carbocycles. The van der Waals surface area contributed by atoms with E-state index in [0.717, 1.165) is 0 Å². The Kier molecular flexibility index (Phi) is 4.79. The van der Waals surface area contributed by atoms with E-state index in [0.29, 0.717) is 31.8 Å². The zero-order valence-electron chi connectivity index (χ0n) is 20.0. The summed E-state index contributed by atoms with van der Waals surface area (Å²) in [5, 5.41) is 0. The quantitative estimate of drug-likeness (QED) is 0.722. The van der Waals surface area contributed by atoms with E-state index in [1.54, 1.807) is 4.90 Å². The Morgan fingerprint density at radius 3 is 2.14 bits per heavy atom. The summed E-state index contributed by atoms with van der Waals surface area (Å²) in [6, 6.07) is 0. The Hall–Kier alpha value is -1.67. The van der Waals surface area contributed by atoms with Crippen LogP contribution in [0.25, 0.3) is 0 Å². The van der Waals surface area contributed by atoms with E-state index in [2.05, 4.69) is 9.97 Å². The second-order valence-electron chi connectivity index (χ2n) is 9.55. The Morgan fingerprint density at radius 2 is 1.68 bits per heavy atom. The predicted molar refractivity (Wildman–Crippen MR) is 108 cm³/mol. The van der Waals surface area contributed by atoms with Crippen molar-refractivity contribution >= 4 is 18.7 Å². The molecule has 0 N–H and O–H groups in total. The summed E-state index contributed by atoms with van der Waals surface area (Å²) < 4.78 is 34.2. The molecule has 2 aliphatic heterocycles. The molecule has 0 radical (unpaired) electrons. The molecule has 2 saturated heterocycles. The molecule has 0 atom stereocenters. The average Bonchev–Trinajstić information content (AvgIpc) is 2.80. The highest BCUT2D eigenvalue weighted by Gasteiger charge is 2.52. The van der Waals surface area contributed by atoms with Crippen molar-refractivity contribution in [3.63, 3.8) is 0 Å². The highest BCUT2D eigenvalue weighted by atomic mass is 16.7. The first-order valence-electron chi connectivity index (χ1n) is 10.9. The van der Waals surface area contributed by atoms with E-state index in [4.69, 9.17) is 16.8 Å². The lowest BCUT2D eigenvalue weighted by Gasteiger charge is -2.32. The SMILES string of the molecule is [2H]c1nc(C2CCN(C(=O)OC(C)(C)C)CC2)nc([2H])c1B1OC(C)(C)C(C)(C)O1. The topological polar surface area (TPSA) is 73.8 Å². The van der Waals surface area contributed by atoms with Crippen LogP contribution in [-0.4, -0.2) is 58.0 Å². The van der Waals surface area contributed by atoms with Crippen molar-refractivity contribution in [2.45, 2.75) is 84.0 Å². The third kappa shape index (κ3) is 4.49. The number of piperidine rings is 1. The molecule has 3 rings (SSSR count). The first-order valence-corrected chi connectivity index (χ1v) is 9.89. The van der Waals surface area contributed by atoms with Crippen molar-refractivity contribution in [2.24, 2.45) is 0 Å². The number of aromatic nitrogens is 2. The number of hydrogen-bond donors (Lipinski definition) is 0. The van der Waals surface area contributed by atoms with Gasteiger partial charge in [0.15, 0.2) is 0 Å². The molecular weight excluding hydrogens is 357 g/mol. The fraction of sp³-hybridized carbons (Fsp3) is 0.750. The van der Waals surface area contributed by atoms with Crippen molar-refractivity contribution in [3.05, 3.63) is 18.2 Å². The van der Waals surface area contributed by atoms with Crippen LogP contribution in [0.2, 0.25) is 0 Å². The molecule has 0 aliphatic carbocycles. The molecule has 8 heteroatoms. The van der Waals surface area contributed by atoms with E-state index in [9.17, 15) is 4.79 Å². The van der Waals surface area contributed by atoms with Gasteiger partial charge in [-0.15, -0.1) is 0 Å². The smallest absolute Gasteiger partial charge is 0.444 e. The number of nitrogens with zero attached hydrogens (tertiary/aromatic N) is 3. The van der Waals surface area contributed by atoms with Crippen molar-refractivity contribution in [1.82, 2.24) is 14.9 Å². The normalized spacial score (nSPS) is 23.4. The molecule has 1 aromatic rings. The maximum absolute atomic E-state index is 12.2. The molecule has 3 heterocycles. The number of ether oxygens (including phenoxy) is 1. The molecule has 154 valence electrons. The monoisotopic (exact) mass is 391 g/mol. The van der Waals surface area contributed by atoms with Crippen LogP contribution in [0, 0.1) is 0 Å². The van der Waals surface area contributed by atoms with Gasteiger partial charge in [0.05, 0.1) is 13.9 Å². The summed E-state index contributed by atoms with van der Waals surface area (Å²) in [4.78, 5) is 22.7. The molecule has 0 unspecified atom stereocenters. The Bertz CT molecular complexity index is 782. The van der Waals surface area contributed by atoms with Crippen LogP contribution in [0.3, 0.4) is 0 Å². The summed E-state index contributed by atoms with van der Waals surface area (Å²) in [6.45, 7) is 14.3. The number of likely N-dealkylation sites (tertiary alicyclic amines) is 1. The molecule has 28 heavy (non-hydrogen) atoms. The van der Waals surface area contributed by atoms with Crippen molar-refractivity contribution in [1.29, 1.82) is 0 Å². The van der Waals surface area contributed by atoms with Gasteiger partial charge >= 0.3 is 13.2 Å². The second kappa shape index (κ2) is 7.30. The van der Waals surface area contributed by atoms with Crippen LogP contribution in [0.4, 0.5) is 4.79 Å². The van der Waals surface area contributed by atoms with Gasteiger partial charge in [0, 0.05) is 36.8 Å². The molecule has 1 aromatic heterocycles. The van der Waals surface area contributed by atoms with Crippen molar-refractivity contribution in [3.8, 4) is 0 Å². The minimum Gasteiger partial charge on any atom is -0.444 e. The van der Waals surface area contributed by atoms with Crippen LogP contribution < -0.4 is 5.46 Å². The molecule has 0 bridgehead atoms. The van der Waals surface area contributed by atoms with Crippen LogP contribution in [-0.2, 0) is 14.0 Å². The maximum atomic E-state index is 12.2. The van der Waals surface area contributed by atoms with Gasteiger partial charge < -0.3 is 18.9 Å². The summed E-state index contributed by atoms with van der Waals surface area (Å²) in [7, 11) is -0.835. The summed E-state index contributed by atoms with van der Waals surface area (Å²) in [5.41, 5.74) is -1.41. The van der Waals surface area contributed by atoms with Gasteiger partial charge in [0.25, 0.3) is 0 Å². The zero-order valence-corrected chi connectivity index (χ0v) is 18.0. The minimum absolute atomic E-state index is 0.00997. The third-order valence-corrected chi connectivity index (χ3v) is 5.58. The van der Waals surface area contributed by atoms with Crippen molar-refractivity contribution in [2.75, 3.05) is 13.1 Å². The number of carbonyl (C=O) groups is 1. The van der Waals surface area contributed by atoms with Gasteiger partial charge in [0.1, 0.15) is 11.4 Å². The molecular formula is C20H32BN3O4. The first kappa shape index (κ1) is 18.4. The lowest BCUT2D eigenvalue weighted by atomic mass is 9.81. The van der Waals surface area contributed by atoms with Crippen LogP contribution >= 0.6 is 0 Å². The Balaban J connectivity index is 1.71. The highest BCUT2D eigenvalue weighted by molar-refractivity contribution is 6.61. The largest absolute Gasteiger partial charge is 0.498 e. The Labute approximate surface area is 171 Å². The fourth-order valence-corrected chi connectivity index (χ4v) is 3.18. The first-order chi connectivity index (χ1) is 13.7. The summed E-state index contributed by atoms with van der Waals surface area (Å²) >= 11 is 0. The zero-order chi connectivity index (χ0) is 22.5. The standard InChI is InChI=1S/C20H32BN3O4/c1-18(2,3)26-17(25)24-10-8-14(9-11-24)16-22-12-15(13-23-16)21-27-19(4,5)20(6,7)28-21/h12-14H,8-11H2,1-7H3/i12D,13D. The van der Waals surface area contributed by atoms with Crippen LogP contribution in [0.15, 0.2) is 12.3 Å². The van der Waals surface area contributed by atoms with Gasteiger partial charge in [-0.3, -0.25) is 0 Å². The molecule has 1 amide bonds.